The summed E-state index contributed by atoms with van der Waals surface area (Å²) < 4.78 is 4.80. The van der Waals surface area contributed by atoms with Crippen LogP contribution in [0.5, 0.6) is 0 Å². The first-order valence-corrected chi connectivity index (χ1v) is 6.67. The average Bonchev–Trinajstić information content (AvgIpc) is 2.19. The maximum atomic E-state index is 11.7. The third-order valence-electron chi connectivity index (χ3n) is 2.01. The van der Waals surface area contributed by atoms with Gasteiger partial charge in [0.25, 0.3) is 0 Å². The molecule has 0 bridgehead atoms. The maximum absolute atomic E-state index is 11.7. The fraction of sp³-hybridized carbons (Fsp3) is 0.889. The molecule has 13 heavy (non-hydrogen) atoms. The molecular formula is C9H16O2S2. The van der Waals surface area contributed by atoms with Gasteiger partial charge in [0.15, 0.2) is 4.08 Å². The number of hydrogen-bond acceptors (Lipinski definition) is 4. The molecule has 1 fully saturated rings. The summed E-state index contributed by atoms with van der Waals surface area (Å²) in [7, 11) is 0. The zero-order valence-corrected chi connectivity index (χ0v) is 9.80. The van der Waals surface area contributed by atoms with Crippen LogP contribution in [-0.2, 0) is 9.53 Å². The second-order valence-electron chi connectivity index (χ2n) is 2.88. The lowest BCUT2D eigenvalue weighted by molar-refractivity contribution is -0.143. The van der Waals surface area contributed by atoms with Gasteiger partial charge in [-0.1, -0.05) is 6.92 Å². The zero-order chi connectivity index (χ0) is 9.73. The summed E-state index contributed by atoms with van der Waals surface area (Å²) in [6.07, 6.45) is 2.07. The van der Waals surface area contributed by atoms with E-state index in [0.29, 0.717) is 6.61 Å². The molecule has 0 radical (unpaired) electrons. The summed E-state index contributed by atoms with van der Waals surface area (Å²) >= 11 is 3.49. The van der Waals surface area contributed by atoms with Gasteiger partial charge >= 0.3 is 5.97 Å². The highest BCUT2D eigenvalue weighted by Crippen LogP contribution is 2.45. The molecule has 1 saturated heterocycles. The second kappa shape index (κ2) is 5.15. The minimum atomic E-state index is -0.297. The molecule has 0 amide bonds. The van der Waals surface area contributed by atoms with Crippen LogP contribution in [0.2, 0.25) is 0 Å². The van der Waals surface area contributed by atoms with Crippen LogP contribution < -0.4 is 0 Å². The van der Waals surface area contributed by atoms with Crippen LogP contribution in [0.25, 0.3) is 0 Å². The third-order valence-corrected chi connectivity index (χ3v) is 5.55. The minimum Gasteiger partial charge on any atom is -0.464 e. The summed E-state index contributed by atoms with van der Waals surface area (Å²) in [6, 6.07) is 0. The summed E-state index contributed by atoms with van der Waals surface area (Å²) in [5, 5.41) is 0. The van der Waals surface area contributed by atoms with Crippen molar-refractivity contribution in [3.05, 3.63) is 0 Å². The topological polar surface area (TPSA) is 26.3 Å². The number of carbonyl (C=O) groups excluding carboxylic acids is 1. The molecule has 0 saturated carbocycles. The molecule has 0 N–H and O–H groups in total. The van der Waals surface area contributed by atoms with Crippen molar-refractivity contribution in [2.75, 3.05) is 18.1 Å². The molecule has 1 aliphatic heterocycles. The van der Waals surface area contributed by atoms with Crippen LogP contribution in [0.3, 0.4) is 0 Å². The molecule has 1 aliphatic rings. The molecule has 0 atom stereocenters. The van der Waals surface area contributed by atoms with Crippen molar-refractivity contribution >= 4 is 29.5 Å². The number of carbonyl (C=O) groups is 1. The number of rotatable bonds is 3. The Kier molecular flexibility index (Phi) is 4.46. The Hall–Kier alpha value is 0.170. The van der Waals surface area contributed by atoms with Crippen molar-refractivity contribution in [2.45, 2.75) is 30.8 Å². The molecule has 0 aromatic carbocycles. The number of ether oxygens (including phenoxy) is 1. The summed E-state index contributed by atoms with van der Waals surface area (Å²) in [4.78, 5) is 11.7. The van der Waals surface area contributed by atoms with E-state index < -0.39 is 0 Å². The van der Waals surface area contributed by atoms with Crippen LogP contribution in [-0.4, -0.2) is 28.2 Å². The molecule has 76 valence electrons. The summed E-state index contributed by atoms with van der Waals surface area (Å²) in [5.74, 6) is 2.13. The Balaban J connectivity index is 2.61. The minimum absolute atomic E-state index is 0.0350. The molecule has 0 aromatic heterocycles. The van der Waals surface area contributed by atoms with Crippen molar-refractivity contribution in [3.8, 4) is 0 Å². The highest BCUT2D eigenvalue weighted by atomic mass is 32.2. The van der Waals surface area contributed by atoms with E-state index in [0.717, 1.165) is 17.9 Å². The van der Waals surface area contributed by atoms with Crippen LogP contribution in [0.15, 0.2) is 0 Å². The van der Waals surface area contributed by atoms with Gasteiger partial charge in [0.1, 0.15) is 0 Å². The Labute approximate surface area is 88.2 Å². The Morgan fingerprint density at radius 2 is 2.00 bits per heavy atom. The largest absolute Gasteiger partial charge is 0.464 e. The van der Waals surface area contributed by atoms with E-state index in [1.807, 2.05) is 6.92 Å². The summed E-state index contributed by atoms with van der Waals surface area (Å²) in [5.41, 5.74) is 0. The molecule has 2 nitrogen and oxygen atoms in total. The molecule has 1 heterocycles. The zero-order valence-electron chi connectivity index (χ0n) is 8.17. The quantitative estimate of drug-likeness (QED) is 0.683. The van der Waals surface area contributed by atoms with Gasteiger partial charge in [0.05, 0.1) is 6.61 Å². The maximum Gasteiger partial charge on any atom is 0.332 e. The Morgan fingerprint density at radius 3 is 2.46 bits per heavy atom. The molecule has 0 aliphatic carbocycles. The molecular weight excluding hydrogens is 204 g/mol. The van der Waals surface area contributed by atoms with Gasteiger partial charge < -0.3 is 4.74 Å². The average molecular weight is 220 g/mol. The van der Waals surface area contributed by atoms with Crippen LogP contribution in [0.4, 0.5) is 0 Å². The van der Waals surface area contributed by atoms with Crippen molar-refractivity contribution in [1.29, 1.82) is 0 Å². The lowest BCUT2D eigenvalue weighted by atomic mass is 10.3. The molecule has 1 rings (SSSR count). The van der Waals surface area contributed by atoms with Crippen LogP contribution in [0.1, 0.15) is 26.7 Å². The molecule has 4 heteroatoms. The number of hydrogen-bond donors (Lipinski definition) is 0. The van der Waals surface area contributed by atoms with E-state index in [4.69, 9.17) is 4.74 Å². The fourth-order valence-corrected chi connectivity index (χ4v) is 4.30. The fourth-order valence-electron chi connectivity index (χ4n) is 1.28. The van der Waals surface area contributed by atoms with Crippen LogP contribution in [0, 0.1) is 0 Å². The highest BCUT2D eigenvalue weighted by Gasteiger charge is 2.40. The van der Waals surface area contributed by atoms with Gasteiger partial charge in [-0.3, -0.25) is 0 Å². The lowest BCUT2D eigenvalue weighted by Crippen LogP contribution is -2.35. The van der Waals surface area contributed by atoms with Crippen molar-refractivity contribution < 1.29 is 9.53 Å². The standard InChI is InChI=1S/C9H16O2S2/c1-3-9(8(10)11-4-2)12-6-5-7-13-9/h3-7H2,1-2H3. The van der Waals surface area contributed by atoms with Crippen molar-refractivity contribution in [3.63, 3.8) is 0 Å². The van der Waals surface area contributed by atoms with E-state index in [1.165, 1.54) is 6.42 Å². The van der Waals surface area contributed by atoms with E-state index >= 15 is 0 Å². The van der Waals surface area contributed by atoms with Gasteiger partial charge in [0, 0.05) is 0 Å². The monoisotopic (exact) mass is 220 g/mol. The first-order valence-electron chi connectivity index (χ1n) is 4.70. The SMILES string of the molecule is CCOC(=O)C1(CC)SCCCS1. The summed E-state index contributed by atoms with van der Waals surface area (Å²) in [6.45, 7) is 4.41. The van der Waals surface area contributed by atoms with E-state index in [-0.39, 0.29) is 10.0 Å². The van der Waals surface area contributed by atoms with E-state index in [9.17, 15) is 4.79 Å². The smallest absolute Gasteiger partial charge is 0.332 e. The first kappa shape index (κ1) is 11.2. The highest BCUT2D eigenvalue weighted by molar-refractivity contribution is 8.19. The van der Waals surface area contributed by atoms with E-state index in [2.05, 4.69) is 6.92 Å². The second-order valence-corrected chi connectivity index (χ2v) is 5.92. The predicted octanol–water partition coefficient (Wildman–Crippen LogP) is 2.53. The number of thioether (sulfide) groups is 2. The molecule has 0 spiro atoms. The third kappa shape index (κ3) is 2.56. The number of esters is 1. The van der Waals surface area contributed by atoms with E-state index in [1.54, 1.807) is 23.5 Å². The van der Waals surface area contributed by atoms with Gasteiger partial charge in [-0.2, -0.15) is 0 Å². The van der Waals surface area contributed by atoms with Gasteiger partial charge in [-0.05, 0) is 31.3 Å². The normalized spacial score (nSPS) is 21.1. The van der Waals surface area contributed by atoms with Gasteiger partial charge in [0.2, 0.25) is 0 Å². The predicted molar refractivity (Wildman–Crippen MR) is 59.2 cm³/mol. The Bertz CT molecular complexity index is 176. The van der Waals surface area contributed by atoms with Crippen molar-refractivity contribution in [1.82, 2.24) is 0 Å². The van der Waals surface area contributed by atoms with Crippen molar-refractivity contribution in [2.24, 2.45) is 0 Å². The molecule has 0 unspecified atom stereocenters. The van der Waals surface area contributed by atoms with Gasteiger partial charge in [-0.15, -0.1) is 23.5 Å². The van der Waals surface area contributed by atoms with Gasteiger partial charge in [-0.25, -0.2) is 4.79 Å². The Morgan fingerprint density at radius 1 is 1.38 bits per heavy atom. The molecule has 0 aromatic rings. The first-order chi connectivity index (χ1) is 6.25. The lowest BCUT2D eigenvalue weighted by Gasteiger charge is -2.32. The van der Waals surface area contributed by atoms with Crippen LogP contribution >= 0.6 is 23.5 Å².